The summed E-state index contributed by atoms with van der Waals surface area (Å²) < 4.78 is 24.4. The maximum absolute atomic E-state index is 12.2. The number of halogens is 2. The van der Waals surface area contributed by atoms with Gasteiger partial charge in [0.25, 0.3) is 5.76 Å². The molecule has 0 aliphatic rings. The third-order valence-corrected chi connectivity index (χ3v) is 3.80. The zero-order chi connectivity index (χ0) is 16.6. The third kappa shape index (κ3) is 7.61. The summed E-state index contributed by atoms with van der Waals surface area (Å²) in [7, 11) is 0. The Morgan fingerprint density at radius 3 is 2.50 bits per heavy atom. The Labute approximate surface area is 133 Å². The van der Waals surface area contributed by atoms with Crippen LogP contribution in [0.2, 0.25) is 0 Å². The van der Waals surface area contributed by atoms with E-state index in [2.05, 4.69) is 10.6 Å². The van der Waals surface area contributed by atoms with Gasteiger partial charge < -0.3 is 15.7 Å². The van der Waals surface area contributed by atoms with Crippen LogP contribution in [0.15, 0.2) is 29.2 Å². The van der Waals surface area contributed by atoms with Crippen LogP contribution in [0.1, 0.15) is 26.7 Å². The van der Waals surface area contributed by atoms with Crippen molar-refractivity contribution in [1.29, 1.82) is 0 Å². The quantitative estimate of drug-likeness (QED) is 0.499. The number of hydrogen-bond acceptors (Lipinski definition) is 3. The maximum atomic E-state index is 12.2. The van der Waals surface area contributed by atoms with Crippen LogP contribution in [0.4, 0.5) is 19.3 Å². The second kappa shape index (κ2) is 8.95. The van der Waals surface area contributed by atoms with Crippen LogP contribution >= 0.6 is 11.8 Å². The van der Waals surface area contributed by atoms with Crippen molar-refractivity contribution in [3.63, 3.8) is 0 Å². The van der Waals surface area contributed by atoms with Crippen LogP contribution in [0, 0.1) is 5.41 Å². The fourth-order valence-corrected chi connectivity index (χ4v) is 2.24. The molecule has 0 saturated carbocycles. The highest BCUT2D eigenvalue weighted by molar-refractivity contribution is 7.99. The molecule has 3 N–H and O–H groups in total. The average molecular weight is 332 g/mol. The van der Waals surface area contributed by atoms with Gasteiger partial charge in [0, 0.05) is 23.7 Å². The summed E-state index contributed by atoms with van der Waals surface area (Å²) in [6, 6.07) is 5.90. The number of rotatable bonds is 8. The lowest BCUT2D eigenvalue weighted by Crippen LogP contribution is -2.30. The molecule has 2 amide bonds. The number of carbonyl (C=O) groups is 1. The number of benzene rings is 1. The molecule has 1 rings (SSSR count). The predicted molar refractivity (Wildman–Crippen MR) is 85.4 cm³/mol. The molecular formula is C15H22F2N2O2S. The minimum absolute atomic E-state index is 0.113. The fraction of sp³-hybridized carbons (Fsp3) is 0.533. The Hall–Kier alpha value is -1.34. The molecule has 0 fully saturated rings. The highest BCUT2D eigenvalue weighted by Gasteiger charge is 2.15. The lowest BCUT2D eigenvalue weighted by atomic mass is 9.89. The second-order valence-corrected chi connectivity index (χ2v) is 6.77. The monoisotopic (exact) mass is 332 g/mol. The molecule has 124 valence electrons. The molecule has 0 radical (unpaired) electrons. The summed E-state index contributed by atoms with van der Waals surface area (Å²) >= 11 is 0.465. The molecule has 0 unspecified atom stereocenters. The van der Waals surface area contributed by atoms with Gasteiger partial charge in [-0.1, -0.05) is 25.6 Å². The van der Waals surface area contributed by atoms with E-state index >= 15 is 0 Å². The van der Waals surface area contributed by atoms with E-state index < -0.39 is 5.76 Å². The van der Waals surface area contributed by atoms with Crippen molar-refractivity contribution in [2.45, 2.75) is 37.3 Å². The van der Waals surface area contributed by atoms with Crippen LogP contribution in [-0.2, 0) is 0 Å². The van der Waals surface area contributed by atoms with Gasteiger partial charge in [-0.05, 0) is 42.5 Å². The van der Waals surface area contributed by atoms with Gasteiger partial charge in [0.2, 0.25) is 0 Å². The molecular weight excluding hydrogens is 310 g/mol. The van der Waals surface area contributed by atoms with Crippen molar-refractivity contribution >= 4 is 23.5 Å². The maximum Gasteiger partial charge on any atom is 0.319 e. The number of urea groups is 1. The van der Waals surface area contributed by atoms with Gasteiger partial charge >= 0.3 is 6.03 Å². The average Bonchev–Trinajstić information content (AvgIpc) is 2.45. The molecule has 0 spiro atoms. The summed E-state index contributed by atoms with van der Waals surface area (Å²) in [5, 5.41) is 14.5. The van der Waals surface area contributed by atoms with Crippen molar-refractivity contribution < 1.29 is 18.7 Å². The van der Waals surface area contributed by atoms with Crippen LogP contribution in [0.3, 0.4) is 0 Å². The topological polar surface area (TPSA) is 61.4 Å². The SMILES string of the molecule is CC(C)(CO)CCCNC(=O)Nc1ccc(SC(F)F)cc1. The minimum Gasteiger partial charge on any atom is -0.396 e. The molecule has 0 aliphatic carbocycles. The molecule has 0 atom stereocenters. The first kappa shape index (κ1) is 18.7. The van der Waals surface area contributed by atoms with Crippen molar-refractivity contribution in [2.24, 2.45) is 5.41 Å². The summed E-state index contributed by atoms with van der Waals surface area (Å²) in [6.45, 7) is 4.55. The van der Waals surface area contributed by atoms with E-state index in [4.69, 9.17) is 5.11 Å². The number of thioether (sulfide) groups is 1. The summed E-state index contributed by atoms with van der Waals surface area (Å²) in [4.78, 5) is 12.1. The largest absolute Gasteiger partial charge is 0.396 e. The highest BCUT2D eigenvalue weighted by Crippen LogP contribution is 2.26. The normalized spacial score (nSPS) is 11.5. The molecule has 0 saturated heterocycles. The number of hydrogen-bond donors (Lipinski definition) is 3. The first-order chi connectivity index (χ1) is 10.3. The van der Waals surface area contributed by atoms with Crippen LogP contribution in [-0.4, -0.2) is 30.0 Å². The molecule has 4 nitrogen and oxygen atoms in total. The number of carbonyl (C=O) groups excluding carboxylic acids is 1. The van der Waals surface area contributed by atoms with Gasteiger partial charge in [0.1, 0.15) is 0 Å². The summed E-state index contributed by atoms with van der Waals surface area (Å²) in [5.41, 5.74) is 0.405. The smallest absolute Gasteiger partial charge is 0.319 e. The zero-order valence-corrected chi connectivity index (χ0v) is 13.6. The Balaban J connectivity index is 2.30. The van der Waals surface area contributed by atoms with Crippen LogP contribution in [0.5, 0.6) is 0 Å². The third-order valence-electron chi connectivity index (χ3n) is 3.08. The minimum atomic E-state index is -2.45. The molecule has 0 bridgehead atoms. The lowest BCUT2D eigenvalue weighted by molar-refractivity contribution is 0.148. The lowest BCUT2D eigenvalue weighted by Gasteiger charge is -2.21. The van der Waals surface area contributed by atoms with Gasteiger partial charge in [0.15, 0.2) is 0 Å². The van der Waals surface area contributed by atoms with Crippen molar-refractivity contribution in [3.05, 3.63) is 24.3 Å². The van der Waals surface area contributed by atoms with Crippen molar-refractivity contribution in [1.82, 2.24) is 5.32 Å². The summed E-state index contributed by atoms with van der Waals surface area (Å²) in [6.07, 6.45) is 1.58. The Kier molecular flexibility index (Phi) is 7.61. The van der Waals surface area contributed by atoms with Gasteiger partial charge in [-0.3, -0.25) is 0 Å². The van der Waals surface area contributed by atoms with Gasteiger partial charge in [0.05, 0.1) is 0 Å². The first-order valence-electron chi connectivity index (χ1n) is 7.03. The van der Waals surface area contributed by atoms with E-state index in [1.807, 2.05) is 13.8 Å². The standard InChI is InChI=1S/C15H22F2N2O2S/c1-15(2,10-20)8-3-9-18-14(21)19-11-4-6-12(7-5-11)22-13(16)17/h4-7,13,20H,3,8-10H2,1-2H3,(H2,18,19,21). The van der Waals surface area contributed by atoms with E-state index in [1.54, 1.807) is 12.1 Å². The van der Waals surface area contributed by atoms with E-state index in [1.165, 1.54) is 12.1 Å². The van der Waals surface area contributed by atoms with Gasteiger partial charge in [-0.15, -0.1) is 0 Å². The molecule has 0 heterocycles. The fourth-order valence-electron chi connectivity index (χ4n) is 1.74. The number of aliphatic hydroxyl groups excluding tert-OH is 1. The summed E-state index contributed by atoms with van der Waals surface area (Å²) in [5.74, 6) is -2.45. The zero-order valence-electron chi connectivity index (χ0n) is 12.7. The van der Waals surface area contributed by atoms with Gasteiger partial charge in [-0.2, -0.15) is 8.78 Å². The highest BCUT2D eigenvalue weighted by atomic mass is 32.2. The molecule has 7 heteroatoms. The molecule has 0 aromatic heterocycles. The molecule has 1 aromatic rings. The van der Waals surface area contributed by atoms with Crippen molar-refractivity contribution in [2.75, 3.05) is 18.5 Å². The number of anilines is 1. The predicted octanol–water partition coefficient (Wildman–Crippen LogP) is 3.92. The first-order valence-corrected chi connectivity index (χ1v) is 7.91. The number of alkyl halides is 2. The van der Waals surface area contributed by atoms with Crippen molar-refractivity contribution in [3.8, 4) is 0 Å². The Bertz CT molecular complexity index is 467. The van der Waals surface area contributed by atoms with Gasteiger partial charge in [-0.25, -0.2) is 4.79 Å². The number of amides is 2. The number of aliphatic hydroxyl groups is 1. The molecule has 22 heavy (non-hydrogen) atoms. The number of nitrogens with one attached hydrogen (secondary N) is 2. The van der Waals surface area contributed by atoms with E-state index in [9.17, 15) is 13.6 Å². The second-order valence-electron chi connectivity index (χ2n) is 5.71. The van der Waals surface area contributed by atoms with E-state index in [0.717, 1.165) is 12.8 Å². The van der Waals surface area contributed by atoms with Crippen LogP contribution in [0.25, 0.3) is 0 Å². The Morgan fingerprint density at radius 1 is 1.32 bits per heavy atom. The Morgan fingerprint density at radius 2 is 1.95 bits per heavy atom. The molecule has 0 aliphatic heterocycles. The molecule has 1 aromatic carbocycles. The van der Waals surface area contributed by atoms with E-state index in [0.29, 0.717) is 28.9 Å². The van der Waals surface area contributed by atoms with Crippen LogP contribution < -0.4 is 10.6 Å². The van der Waals surface area contributed by atoms with E-state index in [-0.39, 0.29) is 18.1 Å².